The lowest BCUT2D eigenvalue weighted by molar-refractivity contribution is 0.288. The second-order valence-electron chi connectivity index (χ2n) is 5.12. The maximum absolute atomic E-state index is 6.10. The van der Waals surface area contributed by atoms with Crippen LogP contribution >= 0.6 is 11.6 Å². The lowest BCUT2D eigenvalue weighted by atomic mass is 9.84. The van der Waals surface area contributed by atoms with Crippen molar-refractivity contribution in [3.63, 3.8) is 0 Å². The van der Waals surface area contributed by atoms with Gasteiger partial charge in [-0.05, 0) is 48.9 Å². The first kappa shape index (κ1) is 16.3. The number of ether oxygens (including phenoxy) is 1. The molecule has 1 aromatic carbocycles. The van der Waals surface area contributed by atoms with E-state index in [0.717, 1.165) is 44.0 Å². The van der Waals surface area contributed by atoms with Crippen LogP contribution in [0.1, 0.15) is 32.3 Å². The standard InChI is InChI=1S/C16H26ClNO/c1-4-16(5-2,12-17)13-18-11-10-14-6-8-15(19-3)9-7-14/h6-9,18H,4-5,10-13H2,1-3H3. The Morgan fingerprint density at radius 1 is 1.16 bits per heavy atom. The minimum absolute atomic E-state index is 0.251. The molecule has 3 heteroatoms. The zero-order chi connectivity index (χ0) is 14.1. The monoisotopic (exact) mass is 283 g/mol. The third kappa shape index (κ3) is 5.04. The Kier molecular flexibility index (Phi) is 7.25. The summed E-state index contributed by atoms with van der Waals surface area (Å²) < 4.78 is 5.15. The molecule has 1 aromatic rings. The number of hydrogen-bond acceptors (Lipinski definition) is 2. The average molecular weight is 284 g/mol. The highest BCUT2D eigenvalue weighted by atomic mass is 35.5. The van der Waals surface area contributed by atoms with E-state index >= 15 is 0 Å². The van der Waals surface area contributed by atoms with E-state index < -0.39 is 0 Å². The average Bonchev–Trinajstić information content (AvgIpc) is 2.49. The summed E-state index contributed by atoms with van der Waals surface area (Å²) in [5.74, 6) is 1.64. The van der Waals surface area contributed by atoms with Crippen LogP contribution in [-0.4, -0.2) is 26.1 Å². The molecule has 0 aliphatic heterocycles. The molecule has 0 spiro atoms. The first-order valence-corrected chi connectivity index (χ1v) is 7.62. The van der Waals surface area contributed by atoms with Gasteiger partial charge in [0.1, 0.15) is 5.75 Å². The number of nitrogens with one attached hydrogen (secondary N) is 1. The van der Waals surface area contributed by atoms with Crippen LogP contribution in [0, 0.1) is 5.41 Å². The topological polar surface area (TPSA) is 21.3 Å². The number of halogens is 1. The van der Waals surface area contributed by atoms with Crippen LogP contribution in [0.15, 0.2) is 24.3 Å². The molecule has 19 heavy (non-hydrogen) atoms. The fourth-order valence-electron chi connectivity index (χ4n) is 2.11. The van der Waals surface area contributed by atoms with Gasteiger partial charge in [0.25, 0.3) is 0 Å². The number of alkyl halides is 1. The van der Waals surface area contributed by atoms with Crippen molar-refractivity contribution in [1.82, 2.24) is 5.32 Å². The molecule has 0 saturated heterocycles. The summed E-state index contributed by atoms with van der Waals surface area (Å²) in [7, 11) is 1.69. The van der Waals surface area contributed by atoms with Gasteiger partial charge in [-0.2, -0.15) is 0 Å². The smallest absolute Gasteiger partial charge is 0.118 e. The minimum Gasteiger partial charge on any atom is -0.497 e. The Labute approximate surface area is 122 Å². The number of hydrogen-bond donors (Lipinski definition) is 1. The van der Waals surface area contributed by atoms with E-state index in [1.807, 2.05) is 12.1 Å². The predicted molar refractivity (Wildman–Crippen MR) is 83.3 cm³/mol. The molecule has 0 aromatic heterocycles. The molecule has 0 heterocycles. The van der Waals surface area contributed by atoms with Crippen LogP contribution in [-0.2, 0) is 6.42 Å². The molecular weight excluding hydrogens is 258 g/mol. The van der Waals surface area contributed by atoms with Crippen molar-refractivity contribution in [1.29, 1.82) is 0 Å². The lowest BCUT2D eigenvalue weighted by Crippen LogP contribution is -2.35. The molecule has 0 unspecified atom stereocenters. The van der Waals surface area contributed by atoms with E-state index in [1.165, 1.54) is 5.56 Å². The Balaban J connectivity index is 2.33. The molecule has 1 rings (SSSR count). The summed E-state index contributed by atoms with van der Waals surface area (Å²) in [5, 5.41) is 3.54. The van der Waals surface area contributed by atoms with Gasteiger partial charge in [-0.3, -0.25) is 0 Å². The van der Waals surface area contributed by atoms with Gasteiger partial charge in [0.05, 0.1) is 7.11 Å². The van der Waals surface area contributed by atoms with Gasteiger partial charge in [-0.1, -0.05) is 26.0 Å². The number of benzene rings is 1. The van der Waals surface area contributed by atoms with Crippen molar-refractivity contribution in [2.45, 2.75) is 33.1 Å². The van der Waals surface area contributed by atoms with Crippen molar-refractivity contribution < 1.29 is 4.74 Å². The van der Waals surface area contributed by atoms with E-state index in [4.69, 9.17) is 16.3 Å². The van der Waals surface area contributed by atoms with Crippen LogP contribution < -0.4 is 10.1 Å². The molecule has 0 aliphatic rings. The summed E-state index contributed by atoms with van der Waals surface area (Å²) in [6.45, 7) is 6.43. The van der Waals surface area contributed by atoms with E-state index in [0.29, 0.717) is 0 Å². The van der Waals surface area contributed by atoms with Gasteiger partial charge < -0.3 is 10.1 Å². The van der Waals surface area contributed by atoms with Crippen LogP contribution in [0.2, 0.25) is 0 Å². The Morgan fingerprint density at radius 2 is 1.79 bits per heavy atom. The molecule has 0 saturated carbocycles. The Bertz CT molecular complexity index is 338. The lowest BCUT2D eigenvalue weighted by Gasteiger charge is -2.29. The van der Waals surface area contributed by atoms with Crippen LogP contribution in [0.25, 0.3) is 0 Å². The molecule has 0 radical (unpaired) electrons. The highest BCUT2D eigenvalue weighted by Gasteiger charge is 2.24. The zero-order valence-electron chi connectivity index (χ0n) is 12.3. The minimum atomic E-state index is 0.251. The zero-order valence-corrected chi connectivity index (χ0v) is 13.1. The number of methoxy groups -OCH3 is 1. The maximum atomic E-state index is 6.10. The van der Waals surface area contributed by atoms with E-state index in [9.17, 15) is 0 Å². The summed E-state index contributed by atoms with van der Waals surface area (Å²) in [6.07, 6.45) is 3.29. The van der Waals surface area contributed by atoms with Crippen molar-refractivity contribution in [2.24, 2.45) is 5.41 Å². The molecule has 0 fully saturated rings. The quantitative estimate of drug-likeness (QED) is 0.549. The van der Waals surface area contributed by atoms with Gasteiger partial charge in [0.2, 0.25) is 0 Å². The highest BCUT2D eigenvalue weighted by molar-refractivity contribution is 6.18. The van der Waals surface area contributed by atoms with Gasteiger partial charge in [-0.25, -0.2) is 0 Å². The first-order chi connectivity index (χ1) is 9.19. The highest BCUT2D eigenvalue weighted by Crippen LogP contribution is 2.26. The van der Waals surface area contributed by atoms with Crippen molar-refractivity contribution in [3.8, 4) is 5.75 Å². The molecule has 0 atom stereocenters. The van der Waals surface area contributed by atoms with Crippen molar-refractivity contribution >= 4 is 11.6 Å². The molecule has 0 amide bonds. The molecule has 0 bridgehead atoms. The fourth-order valence-corrected chi connectivity index (χ4v) is 2.59. The van der Waals surface area contributed by atoms with Crippen LogP contribution in [0.5, 0.6) is 5.75 Å². The molecular formula is C16H26ClNO. The van der Waals surface area contributed by atoms with Crippen molar-refractivity contribution in [3.05, 3.63) is 29.8 Å². The van der Waals surface area contributed by atoms with Crippen molar-refractivity contribution in [2.75, 3.05) is 26.1 Å². The predicted octanol–water partition coefficient (Wildman–Crippen LogP) is 3.87. The second kappa shape index (κ2) is 8.44. The van der Waals surface area contributed by atoms with Gasteiger partial charge in [0, 0.05) is 12.4 Å². The summed E-state index contributed by atoms with van der Waals surface area (Å²) >= 11 is 6.10. The summed E-state index contributed by atoms with van der Waals surface area (Å²) in [4.78, 5) is 0. The summed E-state index contributed by atoms with van der Waals surface area (Å²) in [5.41, 5.74) is 1.58. The second-order valence-corrected chi connectivity index (χ2v) is 5.38. The molecule has 2 nitrogen and oxygen atoms in total. The van der Waals surface area contributed by atoms with Gasteiger partial charge in [-0.15, -0.1) is 11.6 Å². The Hall–Kier alpha value is -0.730. The summed E-state index contributed by atoms with van der Waals surface area (Å²) in [6, 6.07) is 8.26. The fraction of sp³-hybridized carbons (Fsp3) is 0.625. The van der Waals surface area contributed by atoms with E-state index in [2.05, 4.69) is 31.3 Å². The van der Waals surface area contributed by atoms with E-state index in [-0.39, 0.29) is 5.41 Å². The SMILES string of the molecule is CCC(CC)(CCl)CNCCc1ccc(OC)cc1. The maximum Gasteiger partial charge on any atom is 0.118 e. The third-order valence-corrected chi connectivity index (χ3v) is 4.60. The molecule has 1 N–H and O–H groups in total. The van der Waals surface area contributed by atoms with E-state index in [1.54, 1.807) is 7.11 Å². The van der Waals surface area contributed by atoms with Crippen LogP contribution in [0.3, 0.4) is 0 Å². The van der Waals surface area contributed by atoms with Gasteiger partial charge >= 0.3 is 0 Å². The largest absolute Gasteiger partial charge is 0.497 e. The third-order valence-electron chi connectivity index (χ3n) is 4.03. The van der Waals surface area contributed by atoms with Crippen LogP contribution in [0.4, 0.5) is 0 Å². The number of rotatable bonds is 9. The Morgan fingerprint density at radius 3 is 2.26 bits per heavy atom. The first-order valence-electron chi connectivity index (χ1n) is 7.09. The normalized spacial score (nSPS) is 11.6. The molecule has 108 valence electrons. The molecule has 0 aliphatic carbocycles. The van der Waals surface area contributed by atoms with Gasteiger partial charge in [0.15, 0.2) is 0 Å².